The van der Waals surface area contributed by atoms with Gasteiger partial charge in [-0.25, -0.2) is 4.63 Å². The van der Waals surface area contributed by atoms with E-state index in [0.717, 1.165) is 0 Å². The van der Waals surface area contributed by atoms with Gasteiger partial charge in [0, 0.05) is 18.4 Å². The molecule has 2 rings (SSSR count). The number of nitrogens with two attached hydrogens (primary N) is 1. The summed E-state index contributed by atoms with van der Waals surface area (Å²) in [5, 5.41) is 13.5. The molecule has 0 fully saturated rings. The SMILES string of the molecule is CC(Cn1cccn1)NC(=O)c1nonc1N. The van der Waals surface area contributed by atoms with E-state index >= 15 is 0 Å². The van der Waals surface area contributed by atoms with Gasteiger partial charge in [-0.3, -0.25) is 9.48 Å². The van der Waals surface area contributed by atoms with Gasteiger partial charge in [0.15, 0.2) is 0 Å². The summed E-state index contributed by atoms with van der Waals surface area (Å²) in [5.41, 5.74) is 5.40. The predicted molar refractivity (Wildman–Crippen MR) is 57.9 cm³/mol. The molecule has 3 N–H and O–H groups in total. The highest BCUT2D eigenvalue weighted by Crippen LogP contribution is 2.04. The van der Waals surface area contributed by atoms with Crippen LogP contribution in [0.5, 0.6) is 0 Å². The zero-order valence-corrected chi connectivity index (χ0v) is 9.20. The quantitative estimate of drug-likeness (QED) is 0.751. The van der Waals surface area contributed by atoms with Crippen LogP contribution in [0.4, 0.5) is 5.82 Å². The fraction of sp³-hybridized carbons (Fsp3) is 0.333. The smallest absolute Gasteiger partial charge is 0.277 e. The molecular weight excluding hydrogens is 224 g/mol. The number of rotatable bonds is 4. The van der Waals surface area contributed by atoms with Gasteiger partial charge >= 0.3 is 0 Å². The van der Waals surface area contributed by atoms with E-state index in [1.807, 2.05) is 19.2 Å². The van der Waals surface area contributed by atoms with E-state index in [0.29, 0.717) is 6.54 Å². The molecule has 0 aliphatic heterocycles. The zero-order valence-electron chi connectivity index (χ0n) is 9.20. The number of carbonyl (C=O) groups excluding carboxylic acids is 1. The molecule has 2 heterocycles. The summed E-state index contributed by atoms with van der Waals surface area (Å²) in [6.45, 7) is 2.41. The lowest BCUT2D eigenvalue weighted by Crippen LogP contribution is -2.36. The highest BCUT2D eigenvalue weighted by Gasteiger charge is 2.17. The second kappa shape index (κ2) is 4.64. The van der Waals surface area contributed by atoms with Crippen LogP contribution in [0.25, 0.3) is 0 Å². The molecule has 0 aromatic carbocycles. The molecule has 2 aromatic rings. The van der Waals surface area contributed by atoms with E-state index < -0.39 is 5.91 Å². The van der Waals surface area contributed by atoms with Gasteiger partial charge in [0.25, 0.3) is 5.91 Å². The molecule has 90 valence electrons. The highest BCUT2D eigenvalue weighted by atomic mass is 16.6. The van der Waals surface area contributed by atoms with Gasteiger partial charge in [-0.15, -0.1) is 0 Å². The highest BCUT2D eigenvalue weighted by molar-refractivity contribution is 5.96. The Bertz CT molecular complexity index is 491. The van der Waals surface area contributed by atoms with Crippen molar-refractivity contribution < 1.29 is 9.42 Å². The van der Waals surface area contributed by atoms with Crippen LogP contribution >= 0.6 is 0 Å². The second-order valence-electron chi connectivity index (χ2n) is 3.60. The van der Waals surface area contributed by atoms with E-state index in [-0.39, 0.29) is 17.6 Å². The van der Waals surface area contributed by atoms with Crippen molar-refractivity contribution in [2.45, 2.75) is 19.5 Å². The maximum absolute atomic E-state index is 11.7. The first-order valence-electron chi connectivity index (χ1n) is 5.03. The second-order valence-corrected chi connectivity index (χ2v) is 3.60. The summed E-state index contributed by atoms with van der Waals surface area (Å²) >= 11 is 0. The Hall–Kier alpha value is -2.38. The summed E-state index contributed by atoms with van der Waals surface area (Å²) < 4.78 is 6.07. The number of hydrogen-bond acceptors (Lipinski definition) is 6. The molecule has 8 nitrogen and oxygen atoms in total. The lowest BCUT2D eigenvalue weighted by atomic mass is 10.3. The molecule has 2 aromatic heterocycles. The molecule has 0 saturated heterocycles. The van der Waals surface area contributed by atoms with Crippen LogP contribution in [-0.2, 0) is 6.54 Å². The Labute approximate surface area is 96.7 Å². The first kappa shape index (κ1) is 11.1. The van der Waals surface area contributed by atoms with Crippen LogP contribution in [0.3, 0.4) is 0 Å². The van der Waals surface area contributed by atoms with Crippen molar-refractivity contribution in [3.8, 4) is 0 Å². The largest absolute Gasteiger partial charge is 0.379 e. The maximum Gasteiger partial charge on any atom is 0.277 e. The summed E-state index contributed by atoms with van der Waals surface area (Å²) in [5.74, 6) is -0.433. The minimum Gasteiger partial charge on any atom is -0.379 e. The van der Waals surface area contributed by atoms with Gasteiger partial charge in [0.2, 0.25) is 11.5 Å². The van der Waals surface area contributed by atoms with Crippen LogP contribution in [-0.4, -0.2) is 32.0 Å². The van der Waals surface area contributed by atoms with Crippen LogP contribution in [0.15, 0.2) is 23.1 Å². The minimum atomic E-state index is -0.414. The van der Waals surface area contributed by atoms with Crippen LogP contribution in [0.1, 0.15) is 17.4 Å². The predicted octanol–water partition coefficient (Wildman–Crippen LogP) is -0.333. The van der Waals surface area contributed by atoms with E-state index in [2.05, 4.69) is 25.4 Å². The number of anilines is 1. The molecule has 17 heavy (non-hydrogen) atoms. The third-order valence-electron chi connectivity index (χ3n) is 2.13. The van der Waals surface area contributed by atoms with Gasteiger partial charge in [-0.05, 0) is 23.3 Å². The average molecular weight is 236 g/mol. The zero-order chi connectivity index (χ0) is 12.3. The van der Waals surface area contributed by atoms with E-state index in [1.54, 1.807) is 10.9 Å². The fourth-order valence-corrected chi connectivity index (χ4v) is 1.38. The van der Waals surface area contributed by atoms with Crippen LogP contribution < -0.4 is 11.1 Å². The molecule has 1 unspecified atom stereocenters. The molecule has 1 amide bonds. The number of nitrogen functional groups attached to an aromatic ring is 1. The van der Waals surface area contributed by atoms with Crippen molar-refractivity contribution in [1.29, 1.82) is 0 Å². The van der Waals surface area contributed by atoms with E-state index in [9.17, 15) is 4.79 Å². The lowest BCUT2D eigenvalue weighted by Gasteiger charge is -2.12. The van der Waals surface area contributed by atoms with Crippen molar-refractivity contribution >= 4 is 11.7 Å². The van der Waals surface area contributed by atoms with Crippen LogP contribution in [0, 0.1) is 0 Å². The third-order valence-corrected chi connectivity index (χ3v) is 2.13. The van der Waals surface area contributed by atoms with Crippen LogP contribution in [0.2, 0.25) is 0 Å². The van der Waals surface area contributed by atoms with Gasteiger partial charge in [-0.1, -0.05) is 0 Å². The average Bonchev–Trinajstić information content (AvgIpc) is 2.88. The monoisotopic (exact) mass is 236 g/mol. The molecule has 8 heteroatoms. The normalized spacial score (nSPS) is 12.3. The van der Waals surface area contributed by atoms with E-state index in [1.165, 1.54) is 0 Å². The van der Waals surface area contributed by atoms with Crippen molar-refractivity contribution in [2.24, 2.45) is 0 Å². The molecular formula is C9H12N6O2. The molecule has 1 atom stereocenters. The van der Waals surface area contributed by atoms with Crippen molar-refractivity contribution in [3.63, 3.8) is 0 Å². The number of nitrogens with zero attached hydrogens (tertiary/aromatic N) is 4. The lowest BCUT2D eigenvalue weighted by molar-refractivity contribution is 0.0926. The standard InChI is InChI=1S/C9H12N6O2/c1-6(5-15-4-2-3-11-15)12-9(16)7-8(10)14-17-13-7/h2-4,6H,5H2,1H3,(H2,10,14)(H,12,16). The molecule has 0 saturated carbocycles. The summed E-state index contributed by atoms with van der Waals surface area (Å²) in [7, 11) is 0. The third kappa shape index (κ3) is 2.60. The van der Waals surface area contributed by atoms with Gasteiger partial charge in [0.1, 0.15) is 0 Å². The summed E-state index contributed by atoms with van der Waals surface area (Å²) in [6.07, 6.45) is 3.49. The number of aromatic nitrogens is 4. The van der Waals surface area contributed by atoms with Gasteiger partial charge < -0.3 is 11.1 Å². The van der Waals surface area contributed by atoms with Crippen molar-refractivity contribution in [3.05, 3.63) is 24.2 Å². The number of amides is 1. The molecule has 0 spiro atoms. The Morgan fingerprint density at radius 3 is 3.06 bits per heavy atom. The molecule has 0 radical (unpaired) electrons. The first-order chi connectivity index (χ1) is 8.16. The maximum atomic E-state index is 11.7. The van der Waals surface area contributed by atoms with Gasteiger partial charge in [-0.2, -0.15) is 5.10 Å². The molecule has 0 bridgehead atoms. The Morgan fingerprint density at radius 1 is 1.65 bits per heavy atom. The van der Waals surface area contributed by atoms with Gasteiger partial charge in [0.05, 0.1) is 6.54 Å². The molecule has 0 aliphatic rings. The Balaban J connectivity index is 1.93. The Kier molecular flexibility index (Phi) is 3.03. The number of carbonyl (C=O) groups is 1. The summed E-state index contributed by atoms with van der Waals surface area (Å²) in [6, 6.07) is 1.70. The summed E-state index contributed by atoms with van der Waals surface area (Å²) in [4.78, 5) is 11.7. The topological polar surface area (TPSA) is 112 Å². The first-order valence-corrected chi connectivity index (χ1v) is 5.03. The number of nitrogens with one attached hydrogen (secondary N) is 1. The number of hydrogen-bond donors (Lipinski definition) is 2. The fourth-order valence-electron chi connectivity index (χ4n) is 1.38. The van der Waals surface area contributed by atoms with E-state index in [4.69, 9.17) is 5.73 Å². The molecule has 0 aliphatic carbocycles. The minimum absolute atomic E-state index is 0.00249. The Morgan fingerprint density at radius 2 is 2.47 bits per heavy atom. The van der Waals surface area contributed by atoms with Crippen molar-refractivity contribution in [1.82, 2.24) is 25.4 Å². The van der Waals surface area contributed by atoms with Crippen molar-refractivity contribution in [2.75, 3.05) is 5.73 Å².